The van der Waals surface area contributed by atoms with Crippen molar-refractivity contribution in [1.29, 1.82) is 0 Å². The Morgan fingerprint density at radius 1 is 1.06 bits per heavy atom. The molecular weight excluding hydrogens is 355 g/mol. The Morgan fingerprint density at radius 3 is 2.28 bits per heavy atom. The van der Waals surface area contributed by atoms with E-state index in [1.54, 1.807) is 0 Å². The third-order valence-electron chi connectivity index (χ3n) is 3.23. The fourth-order valence-electron chi connectivity index (χ4n) is 1.99. The fraction of sp³-hybridized carbons (Fsp3) is 0.267. The number of benzene rings is 2. The first-order valence-electron chi connectivity index (χ1n) is 6.12. The predicted octanol–water partition coefficient (Wildman–Crippen LogP) is 4.94. The zero-order valence-corrected chi connectivity index (χ0v) is 13.9. The van der Waals surface area contributed by atoms with E-state index in [0.717, 1.165) is 21.6 Å². The van der Waals surface area contributed by atoms with Crippen LogP contribution in [-0.2, 0) is 0 Å². The summed E-state index contributed by atoms with van der Waals surface area (Å²) in [6.07, 6.45) is 0. The SMILES string of the molecule is CC[Se](Br)(CC)C(=O)c1ccc2ccccc2c1. The van der Waals surface area contributed by atoms with Gasteiger partial charge in [-0.2, -0.15) is 0 Å². The molecule has 0 bridgehead atoms. The summed E-state index contributed by atoms with van der Waals surface area (Å²) in [5, 5.41) is 4.24. The Labute approximate surface area is 118 Å². The third-order valence-corrected chi connectivity index (χ3v) is 15.2. The molecular formula is C15H17BrOSe. The zero-order chi connectivity index (χ0) is 13.2. The molecule has 2 aromatic carbocycles. The maximum absolute atomic E-state index is 12.6. The van der Waals surface area contributed by atoms with Crippen LogP contribution >= 0.6 is 14.1 Å². The monoisotopic (exact) mass is 372 g/mol. The van der Waals surface area contributed by atoms with Crippen molar-refractivity contribution in [2.45, 2.75) is 24.5 Å². The number of rotatable bonds is 4. The molecule has 0 saturated heterocycles. The minimum atomic E-state index is -2.15. The zero-order valence-electron chi connectivity index (χ0n) is 10.7. The van der Waals surface area contributed by atoms with Gasteiger partial charge in [-0.25, -0.2) is 0 Å². The second-order valence-electron chi connectivity index (χ2n) is 4.21. The van der Waals surface area contributed by atoms with Crippen LogP contribution in [0.3, 0.4) is 0 Å². The van der Waals surface area contributed by atoms with Crippen molar-refractivity contribution >= 4 is 40.6 Å². The van der Waals surface area contributed by atoms with Crippen LogP contribution < -0.4 is 0 Å². The van der Waals surface area contributed by atoms with E-state index < -0.39 is 11.0 Å². The molecule has 0 atom stereocenters. The molecule has 0 amide bonds. The molecule has 0 aromatic heterocycles. The molecule has 0 heterocycles. The van der Waals surface area contributed by atoms with Gasteiger partial charge in [-0.1, -0.05) is 0 Å². The van der Waals surface area contributed by atoms with Crippen molar-refractivity contribution in [3.8, 4) is 0 Å². The van der Waals surface area contributed by atoms with E-state index in [4.69, 9.17) is 0 Å². The van der Waals surface area contributed by atoms with Gasteiger partial charge in [-0.15, -0.1) is 0 Å². The molecule has 0 N–H and O–H groups in total. The molecule has 0 spiro atoms. The van der Waals surface area contributed by atoms with Crippen molar-refractivity contribution in [1.82, 2.24) is 0 Å². The maximum atomic E-state index is 12.6. The number of carbonyl (C=O) groups is 1. The van der Waals surface area contributed by atoms with Crippen molar-refractivity contribution in [3.63, 3.8) is 0 Å². The van der Waals surface area contributed by atoms with Gasteiger partial charge in [0.25, 0.3) is 0 Å². The fourth-order valence-corrected chi connectivity index (χ4v) is 6.07. The first-order chi connectivity index (χ1) is 8.60. The van der Waals surface area contributed by atoms with Crippen LogP contribution in [0.5, 0.6) is 0 Å². The van der Waals surface area contributed by atoms with Crippen molar-refractivity contribution in [2.75, 3.05) is 0 Å². The van der Waals surface area contributed by atoms with E-state index in [-0.39, 0.29) is 0 Å². The van der Waals surface area contributed by atoms with Crippen molar-refractivity contribution < 1.29 is 4.79 Å². The topological polar surface area (TPSA) is 17.1 Å². The second kappa shape index (κ2) is 5.56. The molecule has 2 aromatic rings. The van der Waals surface area contributed by atoms with Crippen LogP contribution in [0, 0.1) is 0 Å². The van der Waals surface area contributed by atoms with Gasteiger partial charge in [-0.3, -0.25) is 0 Å². The minimum absolute atomic E-state index is 0.335. The van der Waals surface area contributed by atoms with Crippen LogP contribution in [0.25, 0.3) is 10.8 Å². The van der Waals surface area contributed by atoms with Gasteiger partial charge in [0.2, 0.25) is 0 Å². The summed E-state index contributed by atoms with van der Waals surface area (Å²) in [5.41, 5.74) is 0.856. The molecule has 0 fully saturated rings. The van der Waals surface area contributed by atoms with Crippen molar-refractivity contribution in [2.24, 2.45) is 0 Å². The summed E-state index contributed by atoms with van der Waals surface area (Å²) < 4.78 is 0.335. The normalized spacial score (nSPS) is 12.6. The van der Waals surface area contributed by atoms with E-state index in [1.165, 1.54) is 5.39 Å². The molecule has 0 radical (unpaired) electrons. The third kappa shape index (κ3) is 2.54. The van der Waals surface area contributed by atoms with Gasteiger partial charge >= 0.3 is 118 Å². The second-order valence-corrected chi connectivity index (χ2v) is 17.2. The number of halogens is 1. The number of hydrogen-bond acceptors (Lipinski definition) is 1. The van der Waals surface area contributed by atoms with Gasteiger partial charge < -0.3 is 0 Å². The molecule has 0 saturated carbocycles. The average molecular weight is 372 g/mol. The van der Waals surface area contributed by atoms with E-state index in [0.29, 0.717) is 4.68 Å². The first kappa shape index (κ1) is 13.8. The van der Waals surface area contributed by atoms with Crippen LogP contribution in [0.1, 0.15) is 24.2 Å². The van der Waals surface area contributed by atoms with Gasteiger partial charge in [0, 0.05) is 0 Å². The van der Waals surface area contributed by atoms with Gasteiger partial charge in [0.15, 0.2) is 0 Å². The predicted molar refractivity (Wildman–Crippen MR) is 83.9 cm³/mol. The molecule has 96 valence electrons. The van der Waals surface area contributed by atoms with Crippen LogP contribution in [0.15, 0.2) is 42.5 Å². The summed E-state index contributed by atoms with van der Waals surface area (Å²) in [6, 6.07) is 14.2. The number of carbonyl (C=O) groups excluding carboxylic acids is 1. The average Bonchev–Trinajstić information content (AvgIpc) is 2.45. The Morgan fingerprint density at radius 2 is 1.67 bits per heavy atom. The summed E-state index contributed by atoms with van der Waals surface area (Å²) in [5.74, 6) is 0. The molecule has 2 rings (SSSR count). The van der Waals surface area contributed by atoms with Crippen LogP contribution in [0.2, 0.25) is 10.6 Å². The Balaban J connectivity index is 2.45. The summed E-state index contributed by atoms with van der Waals surface area (Å²) in [6.45, 7) is 4.22. The summed E-state index contributed by atoms with van der Waals surface area (Å²) in [7, 11) is 0. The van der Waals surface area contributed by atoms with Crippen LogP contribution in [0.4, 0.5) is 0 Å². The Kier molecular flexibility index (Phi) is 4.26. The number of fused-ring (bicyclic) bond motifs is 1. The first-order valence-corrected chi connectivity index (χ1v) is 13.4. The molecule has 0 aliphatic rings. The summed E-state index contributed by atoms with van der Waals surface area (Å²) >= 11 is 1.61. The molecule has 0 aliphatic heterocycles. The Bertz CT molecular complexity index is 575. The van der Waals surface area contributed by atoms with E-state index in [2.05, 4.69) is 40.1 Å². The van der Waals surface area contributed by atoms with E-state index in [1.807, 2.05) is 30.3 Å². The summed E-state index contributed by atoms with van der Waals surface area (Å²) in [4.78, 5) is 12.6. The van der Waals surface area contributed by atoms with Crippen LogP contribution in [-0.4, -0.2) is 15.7 Å². The van der Waals surface area contributed by atoms with Gasteiger partial charge in [0.1, 0.15) is 0 Å². The van der Waals surface area contributed by atoms with Gasteiger partial charge in [0.05, 0.1) is 0 Å². The molecule has 3 heteroatoms. The molecule has 1 nitrogen and oxygen atoms in total. The molecule has 0 unspecified atom stereocenters. The van der Waals surface area contributed by atoms with E-state index in [9.17, 15) is 4.79 Å². The number of hydrogen-bond donors (Lipinski definition) is 0. The molecule has 18 heavy (non-hydrogen) atoms. The molecule has 0 aliphatic carbocycles. The van der Waals surface area contributed by atoms with Crippen molar-refractivity contribution in [3.05, 3.63) is 48.0 Å². The quantitative estimate of drug-likeness (QED) is 0.695. The standard InChI is InChI=1S/C15H17BrOSe/c1-3-18(16,4-2)15(17)14-10-9-12-7-5-6-8-13(12)11-14/h5-11H,3-4H2,1-2H3. The van der Waals surface area contributed by atoms with E-state index >= 15 is 0 Å². The Hall–Kier alpha value is -0.631. The van der Waals surface area contributed by atoms with Gasteiger partial charge in [-0.05, 0) is 0 Å².